The van der Waals surface area contributed by atoms with Gasteiger partial charge in [-0.15, -0.1) is 0 Å². The van der Waals surface area contributed by atoms with Gasteiger partial charge in [0, 0.05) is 32.8 Å². The van der Waals surface area contributed by atoms with Crippen molar-refractivity contribution in [2.45, 2.75) is 25.4 Å². The van der Waals surface area contributed by atoms with Crippen molar-refractivity contribution in [1.82, 2.24) is 20.2 Å². The molecule has 0 aliphatic carbocycles. The zero-order chi connectivity index (χ0) is 20.4. The van der Waals surface area contributed by atoms with E-state index in [1.165, 1.54) is 0 Å². The van der Waals surface area contributed by atoms with E-state index in [4.69, 9.17) is 19.4 Å². The van der Waals surface area contributed by atoms with Crippen molar-refractivity contribution < 1.29 is 14.3 Å². The molecule has 8 heteroatoms. The quantitative estimate of drug-likeness (QED) is 0.827. The van der Waals surface area contributed by atoms with Gasteiger partial charge in [0.2, 0.25) is 0 Å². The Morgan fingerprint density at radius 3 is 2.66 bits per heavy atom. The number of amides is 1. The number of hydrogen-bond donors (Lipinski definition) is 1. The zero-order valence-corrected chi connectivity index (χ0v) is 17.1. The van der Waals surface area contributed by atoms with E-state index in [1.54, 1.807) is 30.1 Å². The summed E-state index contributed by atoms with van der Waals surface area (Å²) in [5.41, 5.74) is 1.39. The second-order valence-electron chi connectivity index (χ2n) is 7.64. The summed E-state index contributed by atoms with van der Waals surface area (Å²) in [5.74, 6) is 2.84. The Morgan fingerprint density at radius 1 is 1.14 bits per heavy atom. The lowest BCUT2D eigenvalue weighted by atomic mass is 10.1. The van der Waals surface area contributed by atoms with Gasteiger partial charge in [0.25, 0.3) is 5.91 Å². The minimum absolute atomic E-state index is 0.0902. The molecule has 1 saturated heterocycles. The molecule has 2 aliphatic heterocycles. The number of carbonyl (C=O) groups excluding carboxylic acids is 1. The summed E-state index contributed by atoms with van der Waals surface area (Å²) in [5, 5.41) is 3.45. The summed E-state index contributed by atoms with van der Waals surface area (Å²) in [6.45, 7) is 2.40. The predicted molar refractivity (Wildman–Crippen MR) is 110 cm³/mol. The predicted octanol–water partition coefficient (Wildman–Crippen LogP) is 2.01. The number of rotatable bonds is 5. The summed E-state index contributed by atoms with van der Waals surface area (Å²) in [6.07, 6.45) is 2.15. The first-order chi connectivity index (χ1) is 14.0. The van der Waals surface area contributed by atoms with Gasteiger partial charge in [-0.2, -0.15) is 0 Å². The highest BCUT2D eigenvalue weighted by Gasteiger charge is 2.22. The van der Waals surface area contributed by atoms with Gasteiger partial charge in [0.15, 0.2) is 11.5 Å². The van der Waals surface area contributed by atoms with Gasteiger partial charge in [-0.3, -0.25) is 4.79 Å². The third kappa shape index (κ3) is 4.27. The number of aromatic nitrogens is 2. The average Bonchev–Trinajstić information content (AvgIpc) is 3.27. The van der Waals surface area contributed by atoms with E-state index < -0.39 is 0 Å². The number of fused-ring (bicyclic) bond motifs is 1. The Kier molecular flexibility index (Phi) is 5.53. The average molecular weight is 397 g/mol. The number of carbonyl (C=O) groups is 1. The van der Waals surface area contributed by atoms with Crippen LogP contribution >= 0.6 is 0 Å². The minimum atomic E-state index is -0.0902. The van der Waals surface area contributed by atoms with Gasteiger partial charge in [-0.05, 0) is 37.6 Å². The molecule has 2 aromatic rings. The number of anilines is 1. The molecule has 0 radical (unpaired) electrons. The molecular formula is C21H27N5O3. The van der Waals surface area contributed by atoms with E-state index in [0.717, 1.165) is 36.7 Å². The Morgan fingerprint density at radius 2 is 1.93 bits per heavy atom. The van der Waals surface area contributed by atoms with E-state index in [0.29, 0.717) is 36.8 Å². The lowest BCUT2D eigenvalue weighted by molar-refractivity contribution is 0.0782. The molecule has 2 aliphatic rings. The lowest BCUT2D eigenvalue weighted by Gasteiger charge is -2.22. The van der Waals surface area contributed by atoms with Gasteiger partial charge in [0.1, 0.15) is 24.9 Å². The van der Waals surface area contributed by atoms with Crippen LogP contribution in [0.15, 0.2) is 24.3 Å². The molecule has 1 N–H and O–H groups in total. The molecule has 29 heavy (non-hydrogen) atoms. The van der Waals surface area contributed by atoms with Crippen LogP contribution in [0.25, 0.3) is 0 Å². The molecular weight excluding hydrogens is 370 g/mol. The van der Waals surface area contributed by atoms with Crippen LogP contribution in [-0.4, -0.2) is 61.7 Å². The number of nitrogens with zero attached hydrogens (tertiary/aromatic N) is 4. The maximum absolute atomic E-state index is 13.0. The molecule has 1 aromatic carbocycles. The fraction of sp³-hybridized carbons (Fsp3) is 0.476. The van der Waals surface area contributed by atoms with Crippen molar-refractivity contribution in [1.29, 1.82) is 0 Å². The summed E-state index contributed by atoms with van der Waals surface area (Å²) >= 11 is 0. The Bertz CT molecular complexity index is 896. The molecule has 0 spiro atoms. The van der Waals surface area contributed by atoms with E-state index in [9.17, 15) is 4.79 Å². The van der Waals surface area contributed by atoms with Crippen molar-refractivity contribution in [2.24, 2.45) is 0 Å². The second kappa shape index (κ2) is 8.24. The number of hydrogen-bond acceptors (Lipinski definition) is 7. The van der Waals surface area contributed by atoms with Gasteiger partial charge in [0.05, 0.1) is 18.3 Å². The van der Waals surface area contributed by atoms with Crippen LogP contribution in [0.2, 0.25) is 0 Å². The van der Waals surface area contributed by atoms with Crippen LogP contribution in [0, 0.1) is 0 Å². The maximum atomic E-state index is 13.0. The van der Waals surface area contributed by atoms with Crippen molar-refractivity contribution in [2.75, 3.05) is 45.8 Å². The van der Waals surface area contributed by atoms with Crippen molar-refractivity contribution in [3.8, 4) is 11.5 Å². The monoisotopic (exact) mass is 397 g/mol. The molecule has 4 rings (SSSR count). The highest BCUT2D eigenvalue weighted by atomic mass is 16.6. The van der Waals surface area contributed by atoms with Crippen LogP contribution in [0.5, 0.6) is 11.5 Å². The lowest BCUT2D eigenvalue weighted by Crippen LogP contribution is -2.28. The number of ether oxygens (including phenoxy) is 2. The summed E-state index contributed by atoms with van der Waals surface area (Å²) < 4.78 is 11.1. The Labute approximate surface area is 170 Å². The molecule has 0 unspecified atom stereocenters. The van der Waals surface area contributed by atoms with E-state index in [1.807, 2.05) is 25.1 Å². The van der Waals surface area contributed by atoms with Crippen molar-refractivity contribution in [3.63, 3.8) is 0 Å². The van der Waals surface area contributed by atoms with E-state index in [-0.39, 0.29) is 11.9 Å². The smallest absolute Gasteiger partial charge is 0.254 e. The van der Waals surface area contributed by atoms with Crippen LogP contribution in [0.4, 0.5) is 5.82 Å². The maximum Gasteiger partial charge on any atom is 0.254 e. The molecule has 0 saturated carbocycles. The van der Waals surface area contributed by atoms with Gasteiger partial charge < -0.3 is 24.6 Å². The first-order valence-corrected chi connectivity index (χ1v) is 9.95. The molecule has 1 fully saturated rings. The normalized spacial score (nSPS) is 17.8. The van der Waals surface area contributed by atoms with Crippen LogP contribution in [0.3, 0.4) is 0 Å². The van der Waals surface area contributed by atoms with Gasteiger partial charge in [-0.25, -0.2) is 9.97 Å². The number of benzene rings is 1. The third-order valence-corrected chi connectivity index (χ3v) is 5.15. The minimum Gasteiger partial charge on any atom is -0.486 e. The fourth-order valence-corrected chi connectivity index (χ4v) is 3.59. The van der Waals surface area contributed by atoms with E-state index >= 15 is 0 Å². The molecule has 0 bridgehead atoms. The largest absolute Gasteiger partial charge is 0.486 e. The molecule has 3 heterocycles. The first-order valence-electron chi connectivity index (χ1n) is 9.95. The molecule has 154 valence electrons. The van der Waals surface area contributed by atoms with Gasteiger partial charge in [-0.1, -0.05) is 0 Å². The molecule has 1 aromatic heterocycles. The van der Waals surface area contributed by atoms with Crippen LogP contribution < -0.4 is 19.7 Å². The highest BCUT2D eigenvalue weighted by molar-refractivity contribution is 5.94. The standard InChI is InChI=1S/C21H27N5O3/c1-25(2)19-12-15(23-20(24-19)16-5-4-8-22-16)13-26(3)21(27)14-6-7-17-18(11-14)29-10-9-28-17/h6-7,11-12,16,22H,4-5,8-10,13H2,1-3H3/t16-/m1/s1. The van der Waals surface area contributed by atoms with Gasteiger partial charge >= 0.3 is 0 Å². The molecule has 1 amide bonds. The Balaban J connectivity index is 1.54. The summed E-state index contributed by atoms with van der Waals surface area (Å²) in [6, 6.07) is 7.41. The fourth-order valence-electron chi connectivity index (χ4n) is 3.59. The second-order valence-corrected chi connectivity index (χ2v) is 7.64. The SMILES string of the molecule is CN(Cc1cc(N(C)C)nc([C@H]2CCCN2)n1)C(=O)c1ccc2c(c1)OCCO2. The first kappa shape index (κ1) is 19.4. The third-order valence-electron chi connectivity index (χ3n) is 5.15. The summed E-state index contributed by atoms with van der Waals surface area (Å²) in [7, 11) is 5.70. The van der Waals surface area contributed by atoms with Crippen molar-refractivity contribution in [3.05, 3.63) is 41.3 Å². The van der Waals surface area contributed by atoms with Crippen LogP contribution in [-0.2, 0) is 6.54 Å². The molecule has 8 nitrogen and oxygen atoms in total. The summed E-state index contributed by atoms with van der Waals surface area (Å²) in [4.78, 5) is 26.0. The number of nitrogens with one attached hydrogen (secondary N) is 1. The highest BCUT2D eigenvalue weighted by Crippen LogP contribution is 2.31. The zero-order valence-electron chi connectivity index (χ0n) is 17.1. The van der Waals surface area contributed by atoms with Crippen LogP contribution in [0.1, 0.15) is 40.8 Å². The van der Waals surface area contributed by atoms with E-state index in [2.05, 4.69) is 5.32 Å². The Hall–Kier alpha value is -2.87. The molecule has 1 atom stereocenters. The topological polar surface area (TPSA) is 79.8 Å². The van der Waals surface area contributed by atoms with Crippen molar-refractivity contribution >= 4 is 11.7 Å².